The van der Waals surface area contributed by atoms with E-state index in [1.807, 2.05) is 4.90 Å². The molecule has 5 nitrogen and oxygen atoms in total. The summed E-state index contributed by atoms with van der Waals surface area (Å²) in [7, 11) is 0. The fourth-order valence-corrected chi connectivity index (χ4v) is 1.95. The first-order valence-electron chi connectivity index (χ1n) is 7.01. The second-order valence-electron chi connectivity index (χ2n) is 4.68. The largest absolute Gasteiger partial charge is 0.370 e. The first kappa shape index (κ1) is 18.5. The SMILES string of the molecule is CCN(CC)C(N)=NCCCNC(=O)C1CCC1.I. The Hall–Kier alpha value is -0.530. The molecule has 1 aliphatic carbocycles. The van der Waals surface area contributed by atoms with Crippen molar-refractivity contribution < 1.29 is 4.79 Å². The van der Waals surface area contributed by atoms with E-state index in [1.54, 1.807) is 0 Å². The molecule has 0 bridgehead atoms. The molecule has 0 radical (unpaired) electrons. The summed E-state index contributed by atoms with van der Waals surface area (Å²) in [5, 5.41) is 2.95. The normalized spacial score (nSPS) is 15.4. The summed E-state index contributed by atoms with van der Waals surface area (Å²) in [6.45, 7) is 7.25. The van der Waals surface area contributed by atoms with Crippen LogP contribution in [0.1, 0.15) is 39.5 Å². The van der Waals surface area contributed by atoms with Gasteiger partial charge in [-0.2, -0.15) is 0 Å². The van der Waals surface area contributed by atoms with E-state index in [-0.39, 0.29) is 35.8 Å². The smallest absolute Gasteiger partial charge is 0.223 e. The van der Waals surface area contributed by atoms with Crippen molar-refractivity contribution in [3.63, 3.8) is 0 Å². The minimum atomic E-state index is 0. The standard InChI is InChI=1S/C13H26N4O.HI/c1-3-17(4-2)13(14)16-10-6-9-15-12(18)11-7-5-8-11;/h11H,3-10H2,1-2H3,(H2,14,16)(H,15,18);1H. The third kappa shape index (κ3) is 6.44. The highest BCUT2D eigenvalue weighted by atomic mass is 127. The summed E-state index contributed by atoms with van der Waals surface area (Å²) in [5.74, 6) is 1.08. The van der Waals surface area contributed by atoms with Crippen molar-refractivity contribution in [3.05, 3.63) is 0 Å². The lowest BCUT2D eigenvalue weighted by molar-refractivity contribution is -0.127. The molecule has 0 saturated heterocycles. The molecule has 1 rings (SSSR count). The van der Waals surface area contributed by atoms with Gasteiger partial charge in [0, 0.05) is 32.1 Å². The fraction of sp³-hybridized carbons (Fsp3) is 0.846. The average Bonchev–Trinajstić information content (AvgIpc) is 2.27. The zero-order chi connectivity index (χ0) is 13.4. The summed E-state index contributed by atoms with van der Waals surface area (Å²) < 4.78 is 0. The van der Waals surface area contributed by atoms with Gasteiger partial charge in [0.25, 0.3) is 0 Å². The minimum absolute atomic E-state index is 0. The predicted molar refractivity (Wildman–Crippen MR) is 89.8 cm³/mol. The van der Waals surface area contributed by atoms with Crippen molar-refractivity contribution in [1.82, 2.24) is 10.2 Å². The van der Waals surface area contributed by atoms with Gasteiger partial charge in [0.1, 0.15) is 0 Å². The van der Waals surface area contributed by atoms with E-state index in [1.165, 1.54) is 6.42 Å². The van der Waals surface area contributed by atoms with Crippen LogP contribution in [0.3, 0.4) is 0 Å². The number of guanidine groups is 1. The number of halogens is 1. The lowest BCUT2D eigenvalue weighted by atomic mass is 9.85. The van der Waals surface area contributed by atoms with Gasteiger partial charge in [-0.15, -0.1) is 24.0 Å². The molecular formula is C13H27IN4O. The maximum absolute atomic E-state index is 11.5. The number of amides is 1. The molecule has 0 spiro atoms. The number of carbonyl (C=O) groups excluding carboxylic acids is 1. The van der Waals surface area contributed by atoms with Crippen molar-refractivity contribution in [2.75, 3.05) is 26.2 Å². The Kier molecular flexibility index (Phi) is 9.99. The molecule has 3 N–H and O–H groups in total. The zero-order valence-corrected chi connectivity index (χ0v) is 14.4. The molecule has 1 amide bonds. The highest BCUT2D eigenvalue weighted by Gasteiger charge is 2.24. The molecule has 1 saturated carbocycles. The monoisotopic (exact) mass is 382 g/mol. The van der Waals surface area contributed by atoms with Crippen LogP contribution in [0.25, 0.3) is 0 Å². The topological polar surface area (TPSA) is 70.7 Å². The van der Waals surface area contributed by atoms with Crippen LogP contribution >= 0.6 is 24.0 Å². The van der Waals surface area contributed by atoms with E-state index in [9.17, 15) is 4.79 Å². The second kappa shape index (κ2) is 10.3. The highest BCUT2D eigenvalue weighted by Crippen LogP contribution is 2.25. The minimum Gasteiger partial charge on any atom is -0.370 e. The Morgan fingerprint density at radius 2 is 2.00 bits per heavy atom. The van der Waals surface area contributed by atoms with Crippen LogP contribution in [0, 0.1) is 5.92 Å². The average molecular weight is 382 g/mol. The van der Waals surface area contributed by atoms with Crippen LogP contribution in [0.2, 0.25) is 0 Å². The molecule has 112 valence electrons. The van der Waals surface area contributed by atoms with Crippen LogP contribution in [0.15, 0.2) is 4.99 Å². The first-order chi connectivity index (χ1) is 8.69. The van der Waals surface area contributed by atoms with Gasteiger partial charge >= 0.3 is 0 Å². The Morgan fingerprint density at radius 1 is 1.37 bits per heavy atom. The lowest BCUT2D eigenvalue weighted by Gasteiger charge is -2.24. The second-order valence-corrected chi connectivity index (χ2v) is 4.68. The van der Waals surface area contributed by atoms with Crippen LogP contribution in [-0.4, -0.2) is 42.9 Å². The summed E-state index contributed by atoms with van der Waals surface area (Å²) in [5.41, 5.74) is 5.85. The van der Waals surface area contributed by atoms with Gasteiger partial charge in [-0.25, -0.2) is 0 Å². The van der Waals surface area contributed by atoms with Gasteiger partial charge in [-0.1, -0.05) is 6.42 Å². The Balaban J connectivity index is 0.00000324. The Bertz CT molecular complexity index is 288. The number of hydrogen-bond donors (Lipinski definition) is 2. The first-order valence-corrected chi connectivity index (χ1v) is 7.01. The third-order valence-corrected chi connectivity index (χ3v) is 3.47. The van der Waals surface area contributed by atoms with Crippen molar-refractivity contribution in [2.45, 2.75) is 39.5 Å². The lowest BCUT2D eigenvalue weighted by Crippen LogP contribution is -2.37. The number of nitrogens with two attached hydrogens (primary N) is 1. The van der Waals surface area contributed by atoms with Crippen LogP contribution in [-0.2, 0) is 4.79 Å². The van der Waals surface area contributed by atoms with E-state index in [0.717, 1.165) is 32.4 Å². The number of nitrogens with zero attached hydrogens (tertiary/aromatic N) is 2. The quantitative estimate of drug-likeness (QED) is 0.304. The molecule has 0 aromatic carbocycles. The van der Waals surface area contributed by atoms with Gasteiger partial charge in [0.05, 0.1) is 0 Å². The maximum atomic E-state index is 11.5. The van der Waals surface area contributed by atoms with Crippen molar-refractivity contribution in [3.8, 4) is 0 Å². The molecular weight excluding hydrogens is 355 g/mol. The number of aliphatic imine (C=N–C) groups is 1. The van der Waals surface area contributed by atoms with Crippen molar-refractivity contribution >= 4 is 35.8 Å². The molecule has 1 aliphatic rings. The van der Waals surface area contributed by atoms with Crippen molar-refractivity contribution in [1.29, 1.82) is 0 Å². The van der Waals surface area contributed by atoms with Crippen LogP contribution < -0.4 is 11.1 Å². The summed E-state index contributed by atoms with van der Waals surface area (Å²) in [6, 6.07) is 0. The fourth-order valence-electron chi connectivity index (χ4n) is 1.95. The molecule has 0 atom stereocenters. The summed E-state index contributed by atoms with van der Waals surface area (Å²) in [4.78, 5) is 17.9. The van der Waals surface area contributed by atoms with Gasteiger partial charge < -0.3 is 16.0 Å². The van der Waals surface area contributed by atoms with Gasteiger partial charge in [-0.05, 0) is 33.1 Å². The number of hydrogen-bond acceptors (Lipinski definition) is 2. The van der Waals surface area contributed by atoms with Crippen LogP contribution in [0.4, 0.5) is 0 Å². The number of carbonyl (C=O) groups is 1. The Labute approximate surface area is 133 Å². The number of nitrogens with one attached hydrogen (secondary N) is 1. The Morgan fingerprint density at radius 3 is 2.47 bits per heavy atom. The van der Waals surface area contributed by atoms with Crippen molar-refractivity contribution in [2.24, 2.45) is 16.6 Å². The summed E-state index contributed by atoms with van der Waals surface area (Å²) in [6.07, 6.45) is 4.15. The summed E-state index contributed by atoms with van der Waals surface area (Å²) >= 11 is 0. The zero-order valence-electron chi connectivity index (χ0n) is 12.0. The molecule has 1 fully saturated rings. The molecule has 0 aromatic heterocycles. The van der Waals surface area contributed by atoms with Gasteiger partial charge in [0.2, 0.25) is 5.91 Å². The van der Waals surface area contributed by atoms with E-state index >= 15 is 0 Å². The molecule has 0 aromatic rings. The van der Waals surface area contributed by atoms with E-state index in [2.05, 4.69) is 24.2 Å². The third-order valence-electron chi connectivity index (χ3n) is 3.47. The van der Waals surface area contributed by atoms with Gasteiger partial charge in [0.15, 0.2) is 5.96 Å². The molecule has 0 heterocycles. The number of rotatable bonds is 7. The highest BCUT2D eigenvalue weighted by molar-refractivity contribution is 14.0. The maximum Gasteiger partial charge on any atom is 0.223 e. The molecule has 0 unspecified atom stereocenters. The van der Waals surface area contributed by atoms with E-state index < -0.39 is 0 Å². The molecule has 19 heavy (non-hydrogen) atoms. The van der Waals surface area contributed by atoms with Gasteiger partial charge in [-0.3, -0.25) is 9.79 Å². The van der Waals surface area contributed by atoms with E-state index in [4.69, 9.17) is 5.73 Å². The van der Waals surface area contributed by atoms with Crippen LogP contribution in [0.5, 0.6) is 0 Å². The molecule has 0 aliphatic heterocycles. The van der Waals surface area contributed by atoms with E-state index in [0.29, 0.717) is 19.0 Å². The molecule has 6 heteroatoms. The predicted octanol–water partition coefficient (Wildman–Crippen LogP) is 1.57.